The number of amides is 3. The molecule has 0 aliphatic carbocycles. The summed E-state index contributed by atoms with van der Waals surface area (Å²) in [5.74, 6) is -0.371. The Balaban J connectivity index is 0.875. The van der Waals surface area contributed by atoms with E-state index in [-0.39, 0.29) is 31.5 Å². The Kier molecular flexibility index (Phi) is 16.3. The maximum atomic E-state index is 14.2. The summed E-state index contributed by atoms with van der Waals surface area (Å²) in [5.41, 5.74) is 11.5. The number of ether oxygens (including phenoxy) is 1. The van der Waals surface area contributed by atoms with Crippen molar-refractivity contribution < 1.29 is 28.8 Å². The highest BCUT2D eigenvalue weighted by Crippen LogP contribution is 2.36. The Labute approximate surface area is 404 Å². The fourth-order valence-electron chi connectivity index (χ4n) is 8.94. The van der Waals surface area contributed by atoms with Crippen LogP contribution in [-0.4, -0.2) is 91.9 Å². The fourth-order valence-corrected chi connectivity index (χ4v) is 9.76. The van der Waals surface area contributed by atoms with Crippen molar-refractivity contribution in [3.63, 3.8) is 0 Å². The Morgan fingerprint density at radius 1 is 0.926 bits per heavy atom. The van der Waals surface area contributed by atoms with Crippen LogP contribution < -0.4 is 15.5 Å². The van der Waals surface area contributed by atoms with Crippen molar-refractivity contribution >= 4 is 40.4 Å². The van der Waals surface area contributed by atoms with E-state index < -0.39 is 35.4 Å². The van der Waals surface area contributed by atoms with Gasteiger partial charge >= 0.3 is 0 Å². The van der Waals surface area contributed by atoms with Gasteiger partial charge in [0.15, 0.2) is 0 Å². The predicted molar refractivity (Wildman–Crippen MR) is 267 cm³/mol. The van der Waals surface area contributed by atoms with Crippen LogP contribution in [0.3, 0.4) is 0 Å². The van der Waals surface area contributed by atoms with Crippen LogP contribution >= 0.6 is 11.3 Å². The number of aryl methyl sites for hydroxylation is 4. The first-order chi connectivity index (χ1) is 32.6. The van der Waals surface area contributed by atoms with E-state index in [2.05, 4.69) is 80.0 Å². The number of hydrogen-bond acceptors (Lipinski definition) is 11. The molecule has 4 heterocycles. The lowest BCUT2D eigenvalue weighted by Crippen LogP contribution is -2.58. The predicted octanol–water partition coefficient (Wildman–Crippen LogP) is 9.36. The molecule has 0 saturated carbocycles. The third-order valence-corrected chi connectivity index (χ3v) is 13.7. The highest BCUT2D eigenvalue weighted by molar-refractivity contribution is 7.13. The van der Waals surface area contributed by atoms with Gasteiger partial charge in [-0.25, -0.2) is 9.97 Å². The molecular weight excluding hydrogens is 877 g/mol. The zero-order valence-corrected chi connectivity index (χ0v) is 41.4. The van der Waals surface area contributed by atoms with Gasteiger partial charge in [-0.1, -0.05) is 81.6 Å². The standard InChI is InChI=1S/C53H66N8O6S/c1-34-14-15-41(48-36(3)58-67-38(48)5)28-45(34)60(43-22-20-42(21-23-43)59-26-24-54-32-59)25-12-10-9-11-13-27-66-31-47(63)57-50(53(6,7)8)52(65)61-30-44(62)29-46(61)51(64)56-35(2)39-16-18-40(19-17-39)49-37(4)55-33-68-49/h14-24,26,28,32-33,35,44,46,50,62H,9-13,25,27,29-31H2,1-8H3,(H,56,64)(H,57,63)/t35?,44-,46+,50?/m1/s1. The first-order valence-corrected chi connectivity index (χ1v) is 24.5. The molecule has 0 bridgehead atoms. The number of nitrogens with one attached hydrogen (secondary N) is 2. The number of imidazole rings is 1. The molecule has 68 heavy (non-hydrogen) atoms. The molecule has 1 aliphatic heterocycles. The monoisotopic (exact) mass is 942 g/mol. The van der Waals surface area contributed by atoms with E-state index in [0.29, 0.717) is 6.61 Å². The number of likely N-dealkylation sites (tertiary alicyclic amines) is 1. The van der Waals surface area contributed by atoms with E-state index in [1.165, 1.54) is 10.5 Å². The summed E-state index contributed by atoms with van der Waals surface area (Å²) >= 11 is 1.58. The maximum Gasteiger partial charge on any atom is 0.246 e. The largest absolute Gasteiger partial charge is 0.391 e. The van der Waals surface area contributed by atoms with Gasteiger partial charge < -0.3 is 39.4 Å². The van der Waals surface area contributed by atoms with Crippen molar-refractivity contribution in [2.45, 2.75) is 118 Å². The molecule has 360 valence electrons. The number of thiazole rings is 1. The first kappa shape index (κ1) is 49.7. The Bertz CT molecular complexity index is 2600. The quantitative estimate of drug-likeness (QED) is 0.0628. The third-order valence-electron chi connectivity index (χ3n) is 12.7. The van der Waals surface area contributed by atoms with E-state index in [4.69, 9.17) is 9.26 Å². The zero-order valence-electron chi connectivity index (χ0n) is 40.6. The van der Waals surface area contributed by atoms with Gasteiger partial charge in [0.2, 0.25) is 17.7 Å². The summed E-state index contributed by atoms with van der Waals surface area (Å²) in [6.07, 6.45) is 9.50. The van der Waals surface area contributed by atoms with E-state index >= 15 is 0 Å². The maximum absolute atomic E-state index is 14.2. The highest BCUT2D eigenvalue weighted by atomic mass is 32.1. The van der Waals surface area contributed by atoms with Crippen LogP contribution in [0.15, 0.2) is 95.5 Å². The normalized spacial score (nSPS) is 15.9. The number of carbonyl (C=O) groups is 3. The third kappa shape index (κ3) is 12.1. The minimum absolute atomic E-state index is 0.00150. The fraction of sp³-hybridized carbons (Fsp3) is 0.434. The van der Waals surface area contributed by atoms with E-state index in [0.717, 1.165) is 100.0 Å². The summed E-state index contributed by atoms with van der Waals surface area (Å²) in [6.45, 7) is 16.6. The molecule has 14 nitrogen and oxygen atoms in total. The van der Waals surface area contributed by atoms with Gasteiger partial charge in [0.05, 0.1) is 40.2 Å². The smallest absolute Gasteiger partial charge is 0.246 e. The minimum atomic E-state index is -0.935. The molecule has 2 unspecified atom stereocenters. The number of aliphatic hydroxyl groups excluding tert-OH is 1. The van der Waals surface area contributed by atoms with E-state index in [1.54, 1.807) is 23.9 Å². The number of aromatic nitrogens is 4. The molecule has 1 fully saturated rings. The number of benzene rings is 3. The SMILES string of the molecule is Cc1ccc(-c2c(C)noc2C)cc1N(CCCCCCCOCC(=O)NC(C(=O)N1C[C@H](O)C[C@H]1C(=O)NC(C)c1ccc(-c2scnc2C)cc1)C(C)(C)C)c1ccc(-n2ccnc2)cc1. The molecule has 15 heteroatoms. The summed E-state index contributed by atoms with van der Waals surface area (Å²) in [7, 11) is 0. The van der Waals surface area contributed by atoms with Crippen molar-refractivity contribution in [2.24, 2.45) is 5.41 Å². The van der Waals surface area contributed by atoms with Gasteiger partial charge in [-0.05, 0) is 105 Å². The lowest BCUT2D eigenvalue weighted by Gasteiger charge is -2.35. The molecule has 3 aromatic carbocycles. The summed E-state index contributed by atoms with van der Waals surface area (Å²) in [5, 5.41) is 20.8. The molecule has 3 N–H and O–H groups in total. The highest BCUT2D eigenvalue weighted by Gasteiger charge is 2.44. The minimum Gasteiger partial charge on any atom is -0.391 e. The Hall–Kier alpha value is -6.16. The lowest BCUT2D eigenvalue weighted by molar-refractivity contribution is -0.144. The molecule has 6 aromatic rings. The zero-order chi connectivity index (χ0) is 48.5. The number of β-amino-alcohol motifs (C(OH)–C–C–N with tert-alkyl or cyclic N) is 1. The number of nitrogens with zero attached hydrogens (tertiary/aromatic N) is 6. The van der Waals surface area contributed by atoms with Crippen molar-refractivity contribution in [2.75, 3.05) is 31.2 Å². The first-order valence-electron chi connectivity index (χ1n) is 23.6. The van der Waals surface area contributed by atoms with Crippen LogP contribution in [-0.2, 0) is 19.1 Å². The summed E-state index contributed by atoms with van der Waals surface area (Å²) in [4.78, 5) is 54.6. The van der Waals surface area contributed by atoms with Gasteiger partial charge in [0.25, 0.3) is 0 Å². The molecule has 0 radical (unpaired) electrons. The van der Waals surface area contributed by atoms with Gasteiger partial charge in [-0.15, -0.1) is 11.3 Å². The van der Waals surface area contributed by atoms with Crippen LogP contribution in [0.1, 0.15) is 101 Å². The lowest BCUT2D eigenvalue weighted by atomic mass is 9.85. The van der Waals surface area contributed by atoms with Crippen molar-refractivity contribution in [3.8, 4) is 27.3 Å². The van der Waals surface area contributed by atoms with Gasteiger partial charge in [-0.2, -0.15) is 0 Å². The van der Waals surface area contributed by atoms with Crippen LogP contribution in [0.4, 0.5) is 11.4 Å². The van der Waals surface area contributed by atoms with E-state index in [9.17, 15) is 19.5 Å². The van der Waals surface area contributed by atoms with Gasteiger partial charge in [0.1, 0.15) is 24.5 Å². The van der Waals surface area contributed by atoms with Crippen LogP contribution in [0.2, 0.25) is 0 Å². The van der Waals surface area contributed by atoms with Gasteiger partial charge in [0, 0.05) is 61.1 Å². The number of anilines is 2. The Morgan fingerprint density at radius 3 is 2.31 bits per heavy atom. The molecule has 1 saturated heterocycles. The second-order valence-corrected chi connectivity index (χ2v) is 19.9. The van der Waals surface area contributed by atoms with E-state index in [1.807, 2.05) is 89.0 Å². The van der Waals surface area contributed by atoms with Crippen molar-refractivity contribution in [3.05, 3.63) is 119 Å². The van der Waals surface area contributed by atoms with Gasteiger partial charge in [-0.3, -0.25) is 14.4 Å². The van der Waals surface area contributed by atoms with Crippen LogP contribution in [0.25, 0.3) is 27.3 Å². The molecule has 4 atom stereocenters. The molecule has 7 rings (SSSR count). The van der Waals surface area contributed by atoms with Crippen molar-refractivity contribution in [1.82, 2.24) is 35.2 Å². The number of unbranched alkanes of at least 4 members (excludes halogenated alkanes) is 4. The van der Waals surface area contributed by atoms with Crippen LogP contribution in [0.5, 0.6) is 0 Å². The number of carbonyl (C=O) groups excluding carboxylic acids is 3. The Morgan fingerprint density at radius 2 is 1.65 bits per heavy atom. The topological polar surface area (TPSA) is 168 Å². The van der Waals surface area contributed by atoms with Crippen LogP contribution in [0, 0.1) is 33.1 Å². The molecule has 1 aliphatic rings. The average molecular weight is 943 g/mol. The molecule has 3 aromatic heterocycles. The molecule has 0 spiro atoms. The number of hydrogen-bond donors (Lipinski definition) is 3. The average Bonchev–Trinajstić information content (AvgIpc) is 4.15. The number of rotatable bonds is 20. The molecular formula is C53H66N8O6S. The second-order valence-electron chi connectivity index (χ2n) is 19.0. The van der Waals surface area contributed by atoms with Crippen molar-refractivity contribution in [1.29, 1.82) is 0 Å². The summed E-state index contributed by atoms with van der Waals surface area (Å²) in [6, 6.07) is 20.9. The number of aliphatic hydroxyl groups is 1. The molecule has 3 amide bonds. The second kappa shape index (κ2) is 22.3. The summed E-state index contributed by atoms with van der Waals surface area (Å²) < 4.78 is 13.3.